The van der Waals surface area contributed by atoms with E-state index >= 15 is 0 Å². The van der Waals surface area contributed by atoms with Gasteiger partial charge in [-0.25, -0.2) is 4.99 Å². The van der Waals surface area contributed by atoms with E-state index in [0.29, 0.717) is 19.0 Å². The second-order valence-electron chi connectivity index (χ2n) is 3.54. The molecule has 1 aromatic carbocycles. The van der Waals surface area contributed by atoms with Crippen LogP contribution in [0.25, 0.3) is 0 Å². The zero-order valence-corrected chi connectivity index (χ0v) is 9.55. The summed E-state index contributed by atoms with van der Waals surface area (Å²) in [5.41, 5.74) is 1.74. The minimum atomic E-state index is 0.0302. The fourth-order valence-corrected chi connectivity index (χ4v) is 1.46. The quantitative estimate of drug-likeness (QED) is 0.814. The van der Waals surface area contributed by atoms with Gasteiger partial charge in [0.05, 0.1) is 6.54 Å². The molecule has 0 bridgehead atoms. The Labute approximate surface area is 105 Å². The third kappa shape index (κ3) is 2.66. The largest absolute Gasteiger partial charge is 0.476 e. The van der Waals surface area contributed by atoms with Gasteiger partial charge in [0.25, 0.3) is 0 Å². The molecule has 0 radical (unpaired) electrons. The molecule has 0 saturated carbocycles. The number of nitrogens with one attached hydrogen (secondary N) is 1. The lowest BCUT2D eigenvalue weighted by atomic mass is 10.2. The molecule has 0 aliphatic carbocycles. The van der Waals surface area contributed by atoms with E-state index in [9.17, 15) is 0 Å². The average molecular weight is 238 g/mol. The van der Waals surface area contributed by atoms with E-state index in [4.69, 9.17) is 15.3 Å². The summed E-state index contributed by atoms with van der Waals surface area (Å²) in [5, 5.41) is 20.0. The van der Waals surface area contributed by atoms with Crippen LogP contribution >= 0.6 is 0 Å². The van der Waals surface area contributed by atoms with E-state index < -0.39 is 0 Å². The number of hydrogen-bond donors (Lipinski definition) is 1. The molecule has 18 heavy (non-hydrogen) atoms. The Morgan fingerprint density at radius 1 is 1.28 bits per heavy atom. The second kappa shape index (κ2) is 5.51. The van der Waals surface area contributed by atoms with Crippen LogP contribution in [-0.4, -0.2) is 19.0 Å². The minimum Gasteiger partial charge on any atom is -0.476 e. The summed E-state index contributed by atoms with van der Waals surface area (Å²) in [6.45, 7) is 1.33. The number of hydrogen-bond acceptors (Lipinski definition) is 5. The zero-order valence-electron chi connectivity index (χ0n) is 9.55. The zero-order chi connectivity index (χ0) is 12.8. The summed E-state index contributed by atoms with van der Waals surface area (Å²) in [4.78, 5) is 4.21. The normalized spacial score (nSPS) is 12.7. The minimum absolute atomic E-state index is 0.0302. The first-order chi connectivity index (χ1) is 8.83. The summed E-state index contributed by atoms with van der Waals surface area (Å²) < 4.78 is 5.34. The Morgan fingerprint density at radius 2 is 2.00 bits per heavy atom. The monoisotopic (exact) mass is 238 g/mol. The average Bonchev–Trinajstić information content (AvgIpc) is 2.94. The van der Waals surface area contributed by atoms with Crippen molar-refractivity contribution in [2.24, 2.45) is 4.99 Å². The van der Waals surface area contributed by atoms with Crippen LogP contribution in [0.3, 0.4) is 0 Å². The predicted molar refractivity (Wildman–Crippen MR) is 66.7 cm³/mol. The van der Waals surface area contributed by atoms with Crippen LogP contribution in [0.1, 0.15) is 5.56 Å². The fourth-order valence-electron chi connectivity index (χ4n) is 1.46. The highest BCUT2D eigenvalue weighted by atomic mass is 16.5. The van der Waals surface area contributed by atoms with E-state index in [1.165, 1.54) is 6.20 Å². The maximum absolute atomic E-state index is 8.58. The van der Waals surface area contributed by atoms with Gasteiger partial charge in [0, 0.05) is 17.5 Å². The highest BCUT2D eigenvalue weighted by molar-refractivity contribution is 5.95. The van der Waals surface area contributed by atoms with Crippen LogP contribution in [0.15, 0.2) is 41.0 Å². The Morgan fingerprint density at radius 3 is 2.56 bits per heavy atom. The molecule has 0 amide bonds. The predicted octanol–water partition coefficient (Wildman–Crippen LogP) is 1.81. The van der Waals surface area contributed by atoms with Crippen LogP contribution in [0, 0.1) is 22.7 Å². The Bertz CT molecular complexity index is 556. The molecule has 88 valence electrons. The molecule has 0 saturated heterocycles. The van der Waals surface area contributed by atoms with Crippen molar-refractivity contribution in [1.29, 1.82) is 10.5 Å². The van der Waals surface area contributed by atoms with Gasteiger partial charge in [-0.2, -0.15) is 10.5 Å². The molecule has 1 aliphatic heterocycles. The van der Waals surface area contributed by atoms with Crippen LogP contribution in [0.2, 0.25) is 0 Å². The molecular formula is C13H10N4O. The number of nitrogens with zero attached hydrogens (tertiary/aromatic N) is 3. The molecule has 5 heteroatoms. The van der Waals surface area contributed by atoms with Crippen LogP contribution < -0.4 is 5.32 Å². The molecule has 0 fully saturated rings. The van der Waals surface area contributed by atoms with Gasteiger partial charge in [-0.3, -0.25) is 0 Å². The van der Waals surface area contributed by atoms with Gasteiger partial charge in [-0.15, -0.1) is 0 Å². The van der Waals surface area contributed by atoms with Crippen molar-refractivity contribution in [1.82, 2.24) is 0 Å². The van der Waals surface area contributed by atoms with E-state index in [2.05, 4.69) is 10.3 Å². The van der Waals surface area contributed by atoms with Gasteiger partial charge in [0.15, 0.2) is 0 Å². The first kappa shape index (κ1) is 11.7. The number of benzene rings is 1. The summed E-state index contributed by atoms with van der Waals surface area (Å²) in [6, 6.07) is 11.0. The lowest BCUT2D eigenvalue weighted by molar-refractivity contribution is 0.348. The Balaban J connectivity index is 2.07. The lowest BCUT2D eigenvalue weighted by Gasteiger charge is -2.04. The number of aliphatic imine (C=N–C) groups is 1. The van der Waals surface area contributed by atoms with Crippen LogP contribution in [0.5, 0.6) is 0 Å². The van der Waals surface area contributed by atoms with Crippen molar-refractivity contribution in [2.75, 3.05) is 18.5 Å². The van der Waals surface area contributed by atoms with Gasteiger partial charge in [-0.05, 0) is 24.3 Å². The Hall–Kier alpha value is -2.79. The summed E-state index contributed by atoms with van der Waals surface area (Å²) in [7, 11) is 0. The number of allylic oxidation sites excluding steroid dienone is 1. The van der Waals surface area contributed by atoms with Crippen LogP contribution in [-0.2, 0) is 4.74 Å². The number of ether oxygens (including phenoxy) is 1. The summed E-state index contributed by atoms with van der Waals surface area (Å²) >= 11 is 0. The second-order valence-corrected chi connectivity index (χ2v) is 3.54. The van der Waals surface area contributed by atoms with E-state index in [1.54, 1.807) is 12.1 Å². The van der Waals surface area contributed by atoms with Crippen molar-refractivity contribution < 1.29 is 4.74 Å². The SMILES string of the molecule is N#CC(C#N)=CNc1ccc(C2=NCCO2)cc1. The van der Waals surface area contributed by atoms with Gasteiger partial charge >= 0.3 is 0 Å². The molecule has 1 N–H and O–H groups in total. The molecule has 2 rings (SSSR count). The van der Waals surface area contributed by atoms with Gasteiger partial charge in [0.1, 0.15) is 24.3 Å². The van der Waals surface area contributed by atoms with E-state index in [-0.39, 0.29) is 5.57 Å². The highest BCUT2D eigenvalue weighted by Crippen LogP contribution is 2.13. The smallest absolute Gasteiger partial charge is 0.216 e. The van der Waals surface area contributed by atoms with Crippen molar-refractivity contribution in [2.45, 2.75) is 0 Å². The lowest BCUT2D eigenvalue weighted by Crippen LogP contribution is -2.00. The molecule has 0 unspecified atom stereocenters. The molecule has 0 spiro atoms. The van der Waals surface area contributed by atoms with E-state index in [1.807, 2.05) is 24.3 Å². The van der Waals surface area contributed by atoms with Gasteiger partial charge in [-0.1, -0.05) is 0 Å². The van der Waals surface area contributed by atoms with Crippen molar-refractivity contribution in [3.05, 3.63) is 41.6 Å². The standard InChI is InChI=1S/C13H10N4O/c14-7-10(8-15)9-17-12-3-1-11(2-4-12)13-16-5-6-18-13/h1-4,9,17H,5-6H2. The van der Waals surface area contributed by atoms with Gasteiger partial charge in [0.2, 0.25) is 5.90 Å². The van der Waals surface area contributed by atoms with Crippen molar-refractivity contribution in [3.8, 4) is 12.1 Å². The summed E-state index contributed by atoms with van der Waals surface area (Å²) in [5.74, 6) is 0.659. The molecular weight excluding hydrogens is 228 g/mol. The maximum Gasteiger partial charge on any atom is 0.216 e. The third-order valence-electron chi connectivity index (χ3n) is 2.34. The van der Waals surface area contributed by atoms with Crippen LogP contribution in [0.4, 0.5) is 5.69 Å². The molecule has 1 aliphatic rings. The third-order valence-corrected chi connectivity index (χ3v) is 2.34. The molecule has 1 heterocycles. The van der Waals surface area contributed by atoms with Crippen molar-refractivity contribution >= 4 is 11.6 Å². The first-order valence-electron chi connectivity index (χ1n) is 5.38. The van der Waals surface area contributed by atoms with Crippen molar-refractivity contribution in [3.63, 3.8) is 0 Å². The number of rotatable bonds is 3. The number of nitriles is 2. The summed E-state index contributed by atoms with van der Waals surface area (Å²) in [6.07, 6.45) is 1.37. The number of anilines is 1. The fraction of sp³-hybridized carbons (Fsp3) is 0.154. The molecule has 5 nitrogen and oxygen atoms in total. The van der Waals surface area contributed by atoms with Gasteiger partial charge < -0.3 is 10.1 Å². The highest BCUT2D eigenvalue weighted by Gasteiger charge is 2.09. The maximum atomic E-state index is 8.58. The Kier molecular flexibility index (Phi) is 3.58. The molecule has 0 atom stereocenters. The molecule has 1 aromatic rings. The molecule has 0 aromatic heterocycles. The van der Waals surface area contributed by atoms with E-state index in [0.717, 1.165) is 11.3 Å². The first-order valence-corrected chi connectivity index (χ1v) is 5.38. The topological polar surface area (TPSA) is 81.2 Å².